The van der Waals surface area contributed by atoms with E-state index in [1.54, 1.807) is 42.5 Å². The predicted molar refractivity (Wildman–Crippen MR) is 70.0 cm³/mol. The van der Waals surface area contributed by atoms with E-state index in [1.807, 2.05) is 6.92 Å². The fourth-order valence-corrected chi connectivity index (χ4v) is 1.80. The van der Waals surface area contributed by atoms with E-state index in [0.717, 1.165) is 11.1 Å². The fourth-order valence-electron chi connectivity index (χ4n) is 1.80. The van der Waals surface area contributed by atoms with Crippen LogP contribution in [-0.4, -0.2) is 28.1 Å². The lowest BCUT2D eigenvalue weighted by molar-refractivity contribution is 0.0784. The van der Waals surface area contributed by atoms with Crippen LogP contribution in [0.3, 0.4) is 0 Å². The van der Waals surface area contributed by atoms with Crippen molar-refractivity contribution in [1.29, 1.82) is 0 Å². The SMILES string of the molecule is Cc1c(N)cccc1C(=O)N(C)Cc1cn[nH]c1. The first kappa shape index (κ1) is 12.2. The molecule has 2 rings (SSSR count). The highest BCUT2D eigenvalue weighted by Crippen LogP contribution is 2.17. The van der Waals surface area contributed by atoms with Crippen molar-refractivity contribution in [2.45, 2.75) is 13.5 Å². The lowest BCUT2D eigenvalue weighted by Crippen LogP contribution is -2.26. The van der Waals surface area contributed by atoms with Gasteiger partial charge in [0.2, 0.25) is 0 Å². The highest BCUT2D eigenvalue weighted by Gasteiger charge is 2.15. The molecule has 0 aliphatic rings. The molecule has 3 N–H and O–H groups in total. The van der Waals surface area contributed by atoms with Crippen LogP contribution in [0.2, 0.25) is 0 Å². The molecule has 5 nitrogen and oxygen atoms in total. The Morgan fingerprint density at radius 1 is 1.50 bits per heavy atom. The second kappa shape index (κ2) is 4.91. The molecule has 1 amide bonds. The number of nitrogen functional groups attached to an aromatic ring is 1. The number of aromatic amines is 1. The average molecular weight is 244 g/mol. The molecular weight excluding hydrogens is 228 g/mol. The van der Waals surface area contributed by atoms with Crippen molar-refractivity contribution in [3.63, 3.8) is 0 Å². The number of aromatic nitrogens is 2. The van der Waals surface area contributed by atoms with Gasteiger partial charge >= 0.3 is 0 Å². The van der Waals surface area contributed by atoms with E-state index in [9.17, 15) is 4.79 Å². The maximum Gasteiger partial charge on any atom is 0.254 e. The first-order valence-electron chi connectivity index (χ1n) is 5.68. The zero-order chi connectivity index (χ0) is 13.1. The van der Waals surface area contributed by atoms with E-state index in [-0.39, 0.29) is 5.91 Å². The molecule has 5 heteroatoms. The van der Waals surface area contributed by atoms with Crippen LogP contribution in [0.5, 0.6) is 0 Å². The number of nitrogens with one attached hydrogen (secondary N) is 1. The van der Waals surface area contributed by atoms with E-state index in [2.05, 4.69) is 10.2 Å². The molecule has 0 spiro atoms. The Morgan fingerprint density at radius 2 is 2.28 bits per heavy atom. The van der Waals surface area contributed by atoms with Crippen LogP contribution in [-0.2, 0) is 6.54 Å². The molecule has 2 aromatic rings. The Kier molecular flexibility index (Phi) is 3.32. The highest BCUT2D eigenvalue weighted by atomic mass is 16.2. The topological polar surface area (TPSA) is 75.0 Å². The number of nitrogens with two attached hydrogens (primary N) is 1. The predicted octanol–water partition coefficient (Wildman–Crippen LogP) is 1.57. The van der Waals surface area contributed by atoms with Gasteiger partial charge in [0, 0.05) is 36.6 Å². The third-order valence-electron chi connectivity index (χ3n) is 2.93. The highest BCUT2D eigenvalue weighted by molar-refractivity contribution is 5.96. The van der Waals surface area contributed by atoms with E-state index >= 15 is 0 Å². The molecule has 0 unspecified atom stereocenters. The van der Waals surface area contributed by atoms with E-state index in [4.69, 9.17) is 5.73 Å². The quantitative estimate of drug-likeness (QED) is 0.805. The van der Waals surface area contributed by atoms with Gasteiger partial charge in [0.05, 0.1) is 6.20 Å². The fraction of sp³-hybridized carbons (Fsp3) is 0.231. The van der Waals surface area contributed by atoms with Crippen LogP contribution in [0.15, 0.2) is 30.6 Å². The number of carbonyl (C=O) groups is 1. The summed E-state index contributed by atoms with van der Waals surface area (Å²) in [5, 5.41) is 6.58. The van der Waals surface area contributed by atoms with Crippen LogP contribution < -0.4 is 5.73 Å². The average Bonchev–Trinajstić information content (AvgIpc) is 2.84. The van der Waals surface area contributed by atoms with Crippen molar-refractivity contribution < 1.29 is 4.79 Å². The van der Waals surface area contributed by atoms with Crippen LogP contribution in [0, 0.1) is 6.92 Å². The van der Waals surface area contributed by atoms with E-state index < -0.39 is 0 Å². The molecule has 1 aromatic heterocycles. The molecule has 0 atom stereocenters. The third kappa shape index (κ3) is 2.34. The monoisotopic (exact) mass is 244 g/mol. The number of benzene rings is 1. The Balaban J connectivity index is 2.18. The Labute approximate surface area is 106 Å². The smallest absolute Gasteiger partial charge is 0.254 e. The summed E-state index contributed by atoms with van der Waals surface area (Å²) in [6.45, 7) is 2.37. The minimum Gasteiger partial charge on any atom is -0.398 e. The summed E-state index contributed by atoms with van der Waals surface area (Å²) in [6.07, 6.45) is 3.48. The summed E-state index contributed by atoms with van der Waals surface area (Å²) in [6, 6.07) is 5.38. The maximum atomic E-state index is 12.3. The molecule has 94 valence electrons. The zero-order valence-corrected chi connectivity index (χ0v) is 10.5. The number of hydrogen-bond acceptors (Lipinski definition) is 3. The standard InChI is InChI=1S/C13H16N4O/c1-9-11(4-3-5-12(9)14)13(18)17(2)8-10-6-15-16-7-10/h3-7H,8,14H2,1-2H3,(H,15,16). The first-order chi connectivity index (χ1) is 8.59. The number of hydrogen-bond donors (Lipinski definition) is 2. The number of nitrogens with zero attached hydrogens (tertiary/aromatic N) is 2. The van der Waals surface area contributed by atoms with Crippen LogP contribution >= 0.6 is 0 Å². The van der Waals surface area contributed by atoms with Crippen molar-refractivity contribution in [1.82, 2.24) is 15.1 Å². The minimum absolute atomic E-state index is 0.0407. The van der Waals surface area contributed by atoms with Gasteiger partial charge in [0.1, 0.15) is 0 Å². The summed E-state index contributed by atoms with van der Waals surface area (Å²) in [5.74, 6) is -0.0407. The second-order valence-corrected chi connectivity index (χ2v) is 4.29. The van der Waals surface area contributed by atoms with Gasteiger partial charge in [-0.25, -0.2) is 0 Å². The Bertz CT molecular complexity index is 548. The van der Waals surface area contributed by atoms with Crippen LogP contribution in [0.25, 0.3) is 0 Å². The maximum absolute atomic E-state index is 12.3. The van der Waals surface area contributed by atoms with Crippen LogP contribution in [0.1, 0.15) is 21.5 Å². The number of carbonyl (C=O) groups excluding carboxylic acids is 1. The molecule has 0 aliphatic carbocycles. The summed E-state index contributed by atoms with van der Waals surface area (Å²) >= 11 is 0. The Hall–Kier alpha value is -2.30. The molecule has 0 saturated heterocycles. The minimum atomic E-state index is -0.0407. The number of anilines is 1. The summed E-state index contributed by atoms with van der Waals surface area (Å²) in [7, 11) is 1.76. The largest absolute Gasteiger partial charge is 0.398 e. The van der Waals surface area contributed by atoms with Gasteiger partial charge in [-0.05, 0) is 24.6 Å². The molecule has 18 heavy (non-hydrogen) atoms. The number of amides is 1. The van der Waals surface area contributed by atoms with E-state index in [1.165, 1.54) is 0 Å². The third-order valence-corrected chi connectivity index (χ3v) is 2.93. The normalized spacial score (nSPS) is 10.3. The van der Waals surface area contributed by atoms with Gasteiger partial charge in [-0.15, -0.1) is 0 Å². The zero-order valence-electron chi connectivity index (χ0n) is 10.5. The van der Waals surface area contributed by atoms with Gasteiger partial charge in [0.15, 0.2) is 0 Å². The van der Waals surface area contributed by atoms with Crippen molar-refractivity contribution in [3.8, 4) is 0 Å². The van der Waals surface area contributed by atoms with Crippen molar-refractivity contribution in [2.75, 3.05) is 12.8 Å². The lowest BCUT2D eigenvalue weighted by atomic mass is 10.1. The summed E-state index contributed by atoms with van der Waals surface area (Å²) < 4.78 is 0. The molecule has 0 bridgehead atoms. The molecule has 0 fully saturated rings. The van der Waals surface area contributed by atoms with Crippen molar-refractivity contribution in [3.05, 3.63) is 47.3 Å². The molecule has 0 saturated carbocycles. The van der Waals surface area contributed by atoms with Gasteiger partial charge < -0.3 is 10.6 Å². The second-order valence-electron chi connectivity index (χ2n) is 4.29. The molecule has 1 aromatic carbocycles. The molecular formula is C13H16N4O. The van der Waals surface area contributed by atoms with Gasteiger partial charge in [-0.1, -0.05) is 6.07 Å². The van der Waals surface area contributed by atoms with Crippen molar-refractivity contribution >= 4 is 11.6 Å². The molecule has 1 heterocycles. The van der Waals surface area contributed by atoms with Crippen molar-refractivity contribution in [2.24, 2.45) is 0 Å². The molecule has 0 radical (unpaired) electrons. The molecule has 0 aliphatic heterocycles. The summed E-state index contributed by atoms with van der Waals surface area (Å²) in [4.78, 5) is 13.9. The van der Waals surface area contributed by atoms with E-state index in [0.29, 0.717) is 17.8 Å². The summed E-state index contributed by atoms with van der Waals surface area (Å²) in [5.41, 5.74) is 8.87. The van der Waals surface area contributed by atoms with Gasteiger partial charge in [0.25, 0.3) is 5.91 Å². The first-order valence-corrected chi connectivity index (χ1v) is 5.68. The van der Waals surface area contributed by atoms with Gasteiger partial charge in [-0.3, -0.25) is 9.89 Å². The van der Waals surface area contributed by atoms with Crippen LogP contribution in [0.4, 0.5) is 5.69 Å². The van der Waals surface area contributed by atoms with Gasteiger partial charge in [-0.2, -0.15) is 5.10 Å². The number of rotatable bonds is 3. The lowest BCUT2D eigenvalue weighted by Gasteiger charge is -2.18. The number of H-pyrrole nitrogens is 1. The Morgan fingerprint density at radius 3 is 2.94 bits per heavy atom.